The number of anilines is 1. The summed E-state index contributed by atoms with van der Waals surface area (Å²) in [6.45, 7) is 2.13. The Morgan fingerprint density at radius 3 is 2.64 bits per heavy atom. The highest BCUT2D eigenvalue weighted by molar-refractivity contribution is 7.03. The molecule has 72 valence electrons. The third-order valence-corrected chi connectivity index (χ3v) is 2.66. The van der Waals surface area contributed by atoms with Crippen LogP contribution in [0.25, 0.3) is 0 Å². The molecule has 0 bridgehead atoms. The largest absolute Gasteiger partial charge is 0.363 e. The molecule has 1 N–H and O–H groups in total. The van der Waals surface area contributed by atoms with Crippen molar-refractivity contribution in [3.05, 3.63) is 47.3 Å². The van der Waals surface area contributed by atoms with Crippen LogP contribution in [0.5, 0.6) is 0 Å². The summed E-state index contributed by atoms with van der Waals surface area (Å²) < 4.78 is 4.21. The Balaban J connectivity index is 2.07. The monoisotopic (exact) mass is 204 g/mol. The molecule has 0 unspecified atom stereocenters. The Morgan fingerprint density at radius 1 is 1.21 bits per heavy atom. The number of benzene rings is 1. The fourth-order valence-corrected chi connectivity index (χ4v) is 1.81. The van der Waals surface area contributed by atoms with Crippen molar-refractivity contribution in [3.63, 3.8) is 0 Å². The van der Waals surface area contributed by atoms with E-state index in [2.05, 4.69) is 40.9 Å². The molecular formula is C11H12N2S. The lowest BCUT2D eigenvalue weighted by Gasteiger charge is -2.12. The second kappa shape index (κ2) is 4.24. The molecular weight excluding hydrogens is 192 g/mol. The van der Waals surface area contributed by atoms with E-state index in [1.807, 2.05) is 17.5 Å². The maximum Gasteiger partial charge on any atom is 0.140 e. The number of aromatic nitrogens is 1. The molecule has 3 heteroatoms. The first-order valence-corrected chi connectivity index (χ1v) is 5.42. The summed E-state index contributed by atoms with van der Waals surface area (Å²) in [5.41, 5.74) is 1.28. The van der Waals surface area contributed by atoms with Crippen molar-refractivity contribution in [1.29, 1.82) is 0 Å². The SMILES string of the molecule is C[C@H](Nc1ccsn1)c1ccccc1. The van der Waals surface area contributed by atoms with Gasteiger partial charge in [-0.2, -0.15) is 4.37 Å². The maximum absolute atomic E-state index is 4.21. The van der Waals surface area contributed by atoms with Gasteiger partial charge in [-0.3, -0.25) is 0 Å². The van der Waals surface area contributed by atoms with Crippen molar-refractivity contribution in [2.75, 3.05) is 5.32 Å². The maximum atomic E-state index is 4.21. The Labute approximate surface area is 87.8 Å². The summed E-state index contributed by atoms with van der Waals surface area (Å²) in [7, 11) is 0. The number of nitrogens with one attached hydrogen (secondary N) is 1. The van der Waals surface area contributed by atoms with E-state index < -0.39 is 0 Å². The first-order valence-electron chi connectivity index (χ1n) is 4.58. The predicted octanol–water partition coefficient (Wildman–Crippen LogP) is 3.32. The molecule has 0 aliphatic rings. The topological polar surface area (TPSA) is 24.9 Å². The molecule has 2 rings (SSSR count). The van der Waals surface area contributed by atoms with Crippen LogP contribution in [0.2, 0.25) is 0 Å². The quantitative estimate of drug-likeness (QED) is 0.829. The minimum atomic E-state index is 0.304. The molecule has 14 heavy (non-hydrogen) atoms. The van der Waals surface area contributed by atoms with E-state index in [1.54, 1.807) is 0 Å². The fraction of sp³-hybridized carbons (Fsp3) is 0.182. The molecule has 0 amide bonds. The van der Waals surface area contributed by atoms with Gasteiger partial charge in [0, 0.05) is 11.4 Å². The average molecular weight is 204 g/mol. The van der Waals surface area contributed by atoms with Gasteiger partial charge in [-0.15, -0.1) is 0 Å². The Hall–Kier alpha value is -1.35. The lowest BCUT2D eigenvalue weighted by Crippen LogP contribution is -2.06. The second-order valence-corrected chi connectivity index (χ2v) is 3.83. The van der Waals surface area contributed by atoms with E-state index in [9.17, 15) is 0 Å². The van der Waals surface area contributed by atoms with Crippen molar-refractivity contribution in [1.82, 2.24) is 4.37 Å². The van der Waals surface area contributed by atoms with Crippen LogP contribution in [0.3, 0.4) is 0 Å². The molecule has 0 saturated heterocycles. The minimum absolute atomic E-state index is 0.304. The summed E-state index contributed by atoms with van der Waals surface area (Å²) in [5.74, 6) is 0.950. The molecule has 0 aliphatic carbocycles. The average Bonchev–Trinajstić information content (AvgIpc) is 2.72. The zero-order chi connectivity index (χ0) is 9.80. The Kier molecular flexibility index (Phi) is 2.79. The zero-order valence-electron chi connectivity index (χ0n) is 7.97. The third-order valence-electron chi connectivity index (χ3n) is 2.10. The fourth-order valence-electron chi connectivity index (χ4n) is 1.33. The summed E-state index contributed by atoms with van der Waals surface area (Å²) >= 11 is 1.46. The molecule has 2 nitrogen and oxygen atoms in total. The van der Waals surface area contributed by atoms with Crippen molar-refractivity contribution in [2.45, 2.75) is 13.0 Å². The smallest absolute Gasteiger partial charge is 0.140 e. The lowest BCUT2D eigenvalue weighted by molar-refractivity contribution is 0.879. The Bertz CT molecular complexity index is 369. The minimum Gasteiger partial charge on any atom is -0.363 e. The third kappa shape index (κ3) is 2.12. The van der Waals surface area contributed by atoms with Gasteiger partial charge < -0.3 is 5.32 Å². The van der Waals surface area contributed by atoms with Gasteiger partial charge in [0.2, 0.25) is 0 Å². The van der Waals surface area contributed by atoms with E-state index in [0.29, 0.717) is 6.04 Å². The van der Waals surface area contributed by atoms with E-state index in [-0.39, 0.29) is 0 Å². The van der Waals surface area contributed by atoms with Crippen molar-refractivity contribution in [3.8, 4) is 0 Å². The van der Waals surface area contributed by atoms with Gasteiger partial charge >= 0.3 is 0 Å². The van der Waals surface area contributed by atoms with Crippen molar-refractivity contribution >= 4 is 17.4 Å². The highest BCUT2D eigenvalue weighted by atomic mass is 32.1. The highest BCUT2D eigenvalue weighted by Crippen LogP contribution is 2.17. The number of hydrogen-bond acceptors (Lipinski definition) is 3. The predicted molar refractivity (Wildman–Crippen MR) is 60.6 cm³/mol. The van der Waals surface area contributed by atoms with Crippen LogP contribution in [0.1, 0.15) is 18.5 Å². The van der Waals surface area contributed by atoms with Gasteiger partial charge in [-0.1, -0.05) is 30.3 Å². The van der Waals surface area contributed by atoms with Gasteiger partial charge in [0.1, 0.15) is 5.82 Å². The van der Waals surface area contributed by atoms with Gasteiger partial charge in [0.15, 0.2) is 0 Å². The molecule has 1 aromatic heterocycles. The van der Waals surface area contributed by atoms with Crippen molar-refractivity contribution < 1.29 is 0 Å². The van der Waals surface area contributed by atoms with E-state index in [0.717, 1.165) is 5.82 Å². The van der Waals surface area contributed by atoms with Gasteiger partial charge in [0.25, 0.3) is 0 Å². The highest BCUT2D eigenvalue weighted by Gasteiger charge is 2.04. The van der Waals surface area contributed by atoms with Crippen LogP contribution in [-0.4, -0.2) is 4.37 Å². The number of hydrogen-bond donors (Lipinski definition) is 1. The van der Waals surface area contributed by atoms with Crippen molar-refractivity contribution in [2.24, 2.45) is 0 Å². The second-order valence-electron chi connectivity index (χ2n) is 3.16. The van der Waals surface area contributed by atoms with Crippen LogP contribution in [0.4, 0.5) is 5.82 Å². The molecule has 0 aliphatic heterocycles. The van der Waals surface area contributed by atoms with Gasteiger partial charge in [0.05, 0.1) is 0 Å². The molecule has 1 aromatic carbocycles. The van der Waals surface area contributed by atoms with Crippen LogP contribution in [-0.2, 0) is 0 Å². The van der Waals surface area contributed by atoms with Gasteiger partial charge in [-0.05, 0) is 30.1 Å². The summed E-state index contributed by atoms with van der Waals surface area (Å²) in [5, 5.41) is 5.31. The molecule has 0 radical (unpaired) electrons. The lowest BCUT2D eigenvalue weighted by atomic mass is 10.1. The number of nitrogens with zero attached hydrogens (tertiary/aromatic N) is 1. The van der Waals surface area contributed by atoms with Crippen LogP contribution >= 0.6 is 11.5 Å². The summed E-state index contributed by atoms with van der Waals surface area (Å²) in [6, 6.07) is 12.7. The molecule has 2 aromatic rings. The first-order chi connectivity index (χ1) is 6.86. The van der Waals surface area contributed by atoms with Crippen LogP contribution in [0.15, 0.2) is 41.8 Å². The number of rotatable bonds is 3. The zero-order valence-corrected chi connectivity index (χ0v) is 8.79. The van der Waals surface area contributed by atoms with Gasteiger partial charge in [-0.25, -0.2) is 0 Å². The van der Waals surface area contributed by atoms with E-state index in [1.165, 1.54) is 17.1 Å². The standard InChI is InChI=1S/C11H12N2S/c1-9(10-5-3-2-4-6-10)12-11-7-8-14-13-11/h2-9H,1H3,(H,12,13)/t9-/m0/s1. The summed E-state index contributed by atoms with van der Waals surface area (Å²) in [4.78, 5) is 0. The van der Waals surface area contributed by atoms with Crippen LogP contribution < -0.4 is 5.32 Å². The molecule has 0 fully saturated rings. The molecule has 1 heterocycles. The van der Waals surface area contributed by atoms with E-state index >= 15 is 0 Å². The van der Waals surface area contributed by atoms with E-state index in [4.69, 9.17) is 0 Å². The molecule has 1 atom stereocenters. The van der Waals surface area contributed by atoms with Crippen LogP contribution in [0, 0.1) is 0 Å². The normalized spacial score (nSPS) is 12.4. The molecule has 0 saturated carbocycles. The first kappa shape index (κ1) is 9.21. The summed E-state index contributed by atoms with van der Waals surface area (Å²) in [6.07, 6.45) is 0. The molecule has 0 spiro atoms. The Morgan fingerprint density at radius 2 is 2.00 bits per heavy atom.